The lowest BCUT2D eigenvalue weighted by Gasteiger charge is -2.11. The quantitative estimate of drug-likeness (QED) is 0.176. The average Bonchev–Trinajstić information content (AvgIpc) is 3.96. The molecule has 0 saturated heterocycles. The Morgan fingerprint density at radius 3 is 1.42 bits per heavy atom. The van der Waals surface area contributed by atoms with E-state index in [9.17, 15) is 0 Å². The topological polar surface area (TPSA) is 35.6 Å². The van der Waals surface area contributed by atoms with Crippen molar-refractivity contribution in [2.45, 2.75) is 0 Å². The minimum Gasteiger partial charge on any atom is -0.309 e. The van der Waals surface area contributed by atoms with Crippen LogP contribution in [0.5, 0.6) is 0 Å². The Bertz CT molecular complexity index is 3430. The number of benzene rings is 8. The van der Waals surface area contributed by atoms with Crippen LogP contribution in [0.15, 0.2) is 194 Å². The summed E-state index contributed by atoms with van der Waals surface area (Å²) in [4.78, 5) is 10.6. The van der Waals surface area contributed by atoms with Gasteiger partial charge in [-0.25, -0.2) is 9.97 Å². The smallest absolute Gasteiger partial charge is 0.161 e. The zero-order chi connectivity index (χ0) is 37.5. The van der Waals surface area contributed by atoms with Crippen LogP contribution in [-0.4, -0.2) is 19.1 Å². The molecule has 4 heterocycles. The monoisotopic (exact) mass is 744 g/mol. The zero-order valence-electron chi connectivity index (χ0n) is 30.7. The third-order valence-electron chi connectivity index (χ3n) is 11.3. The first-order valence-corrected chi connectivity index (χ1v) is 20.1. The molecule has 4 aromatic heterocycles. The molecule has 0 saturated carbocycles. The highest BCUT2D eigenvalue weighted by atomic mass is 32.1. The van der Waals surface area contributed by atoms with E-state index in [0.717, 1.165) is 45.3 Å². The Morgan fingerprint density at radius 1 is 0.368 bits per heavy atom. The van der Waals surface area contributed by atoms with Gasteiger partial charge in [-0.3, -0.25) is 0 Å². The Balaban J connectivity index is 1.29. The van der Waals surface area contributed by atoms with Crippen molar-refractivity contribution < 1.29 is 0 Å². The third kappa shape index (κ3) is 4.79. The summed E-state index contributed by atoms with van der Waals surface area (Å²) >= 11 is 1.86. The molecular weight excluding hydrogens is 713 g/mol. The van der Waals surface area contributed by atoms with Gasteiger partial charge in [0.15, 0.2) is 5.82 Å². The van der Waals surface area contributed by atoms with Gasteiger partial charge in [0.2, 0.25) is 0 Å². The van der Waals surface area contributed by atoms with E-state index >= 15 is 0 Å². The van der Waals surface area contributed by atoms with Crippen LogP contribution in [0, 0.1) is 0 Å². The summed E-state index contributed by atoms with van der Waals surface area (Å²) in [5.41, 5.74) is 12.0. The normalized spacial score (nSPS) is 11.9. The number of nitrogens with zero attached hydrogens (tertiary/aromatic N) is 4. The molecule has 5 heteroatoms. The lowest BCUT2D eigenvalue weighted by Crippen LogP contribution is -1.96. The number of rotatable bonds is 5. The summed E-state index contributed by atoms with van der Waals surface area (Å²) in [5.74, 6) is 0.718. The molecule has 0 atom stereocenters. The van der Waals surface area contributed by atoms with Crippen molar-refractivity contribution >= 4 is 75.1 Å². The van der Waals surface area contributed by atoms with Crippen LogP contribution in [0.25, 0.3) is 109 Å². The highest BCUT2D eigenvalue weighted by molar-refractivity contribution is 7.27. The molecule has 0 aliphatic rings. The SMILES string of the molecule is c1ccc(-c2cc(-c3ccccc3)nc(-c3cccc4c3sc3c4c4c5ccccc5n(-c5ccccc5)c4c4c5ccccc5n(-c5ccccc5)c34)n2)cc1. The molecule has 0 N–H and O–H groups in total. The second-order valence-electron chi connectivity index (χ2n) is 14.5. The van der Waals surface area contributed by atoms with Gasteiger partial charge in [0.25, 0.3) is 0 Å². The predicted molar refractivity (Wildman–Crippen MR) is 240 cm³/mol. The van der Waals surface area contributed by atoms with Crippen molar-refractivity contribution in [1.29, 1.82) is 0 Å². The van der Waals surface area contributed by atoms with E-state index in [1.165, 1.54) is 63.8 Å². The molecule has 0 fully saturated rings. The van der Waals surface area contributed by atoms with Gasteiger partial charge in [-0.2, -0.15) is 0 Å². The average molecular weight is 745 g/mol. The number of fused-ring (bicyclic) bond motifs is 12. The Labute approximate surface area is 332 Å². The van der Waals surface area contributed by atoms with E-state index in [4.69, 9.17) is 9.97 Å². The van der Waals surface area contributed by atoms with Crippen LogP contribution in [0.1, 0.15) is 0 Å². The number of para-hydroxylation sites is 4. The molecule has 12 aromatic rings. The second kappa shape index (κ2) is 12.6. The molecular formula is C52H32N4S. The summed E-state index contributed by atoms with van der Waals surface area (Å²) in [5, 5.41) is 7.44. The predicted octanol–water partition coefficient (Wildman–Crippen LogP) is 14.0. The van der Waals surface area contributed by atoms with E-state index in [2.05, 4.69) is 191 Å². The molecule has 0 unspecified atom stereocenters. The maximum atomic E-state index is 5.32. The van der Waals surface area contributed by atoms with Crippen LogP contribution in [0.4, 0.5) is 0 Å². The van der Waals surface area contributed by atoms with E-state index in [-0.39, 0.29) is 0 Å². The maximum Gasteiger partial charge on any atom is 0.161 e. The first kappa shape index (κ1) is 32.0. The molecule has 266 valence electrons. The van der Waals surface area contributed by atoms with E-state index in [1.807, 2.05) is 23.5 Å². The molecule has 0 aliphatic carbocycles. The minimum atomic E-state index is 0.718. The zero-order valence-corrected chi connectivity index (χ0v) is 31.5. The van der Waals surface area contributed by atoms with Crippen molar-refractivity contribution in [3.8, 4) is 45.3 Å². The van der Waals surface area contributed by atoms with Crippen LogP contribution in [0.2, 0.25) is 0 Å². The Hall–Kier alpha value is -7.34. The van der Waals surface area contributed by atoms with Crippen molar-refractivity contribution in [2.75, 3.05) is 0 Å². The molecule has 12 rings (SSSR count). The van der Waals surface area contributed by atoms with Crippen molar-refractivity contribution in [2.24, 2.45) is 0 Å². The number of aromatic nitrogens is 4. The highest BCUT2D eigenvalue weighted by Crippen LogP contribution is 2.52. The molecule has 0 aliphatic heterocycles. The largest absolute Gasteiger partial charge is 0.309 e. The fourth-order valence-electron chi connectivity index (χ4n) is 8.91. The van der Waals surface area contributed by atoms with Gasteiger partial charge in [0.1, 0.15) is 0 Å². The lowest BCUT2D eigenvalue weighted by molar-refractivity contribution is 1.18. The molecule has 0 bridgehead atoms. The number of hydrogen-bond acceptors (Lipinski definition) is 3. The second-order valence-corrected chi connectivity index (χ2v) is 15.5. The molecule has 0 spiro atoms. The van der Waals surface area contributed by atoms with E-state index in [0.29, 0.717) is 0 Å². The van der Waals surface area contributed by atoms with Crippen molar-refractivity contribution in [1.82, 2.24) is 19.1 Å². The van der Waals surface area contributed by atoms with Gasteiger partial charge in [-0.1, -0.05) is 146 Å². The van der Waals surface area contributed by atoms with Gasteiger partial charge in [0.05, 0.1) is 38.2 Å². The number of hydrogen-bond donors (Lipinski definition) is 0. The van der Waals surface area contributed by atoms with Crippen molar-refractivity contribution in [3.63, 3.8) is 0 Å². The Kier molecular flexibility index (Phi) is 7.06. The van der Waals surface area contributed by atoms with Crippen LogP contribution >= 0.6 is 11.3 Å². The van der Waals surface area contributed by atoms with Crippen LogP contribution < -0.4 is 0 Å². The Morgan fingerprint density at radius 2 is 0.842 bits per heavy atom. The summed E-state index contributed by atoms with van der Waals surface area (Å²) in [6.07, 6.45) is 0. The molecule has 57 heavy (non-hydrogen) atoms. The molecule has 0 radical (unpaired) electrons. The standard InChI is InChI=1S/C52H32N4S/c1-5-18-33(19-6-1)41-32-42(34-20-7-2-8-21-34)54-52(53-41)40-29-17-28-39-46-45-37-26-13-15-30-43(37)55(35-22-9-3-10-23-35)48(45)47-38-27-14-16-31-44(38)56(36-24-11-4-12-25-36)49(47)51(46)57-50(39)40/h1-32H. The highest BCUT2D eigenvalue weighted by Gasteiger charge is 2.27. The van der Waals surface area contributed by atoms with Gasteiger partial charge in [-0.05, 0) is 48.5 Å². The van der Waals surface area contributed by atoms with Crippen LogP contribution in [-0.2, 0) is 0 Å². The third-order valence-corrected chi connectivity index (χ3v) is 12.5. The lowest BCUT2D eigenvalue weighted by atomic mass is 10.00. The van der Waals surface area contributed by atoms with Gasteiger partial charge < -0.3 is 9.13 Å². The summed E-state index contributed by atoms with van der Waals surface area (Å²) in [6, 6.07) is 69.1. The first-order valence-electron chi connectivity index (χ1n) is 19.3. The van der Waals surface area contributed by atoms with E-state index in [1.54, 1.807) is 0 Å². The fraction of sp³-hybridized carbons (Fsp3) is 0. The maximum absolute atomic E-state index is 5.32. The van der Waals surface area contributed by atoms with Crippen molar-refractivity contribution in [3.05, 3.63) is 194 Å². The first-order chi connectivity index (χ1) is 28.3. The molecule has 4 nitrogen and oxygen atoms in total. The molecule has 0 amide bonds. The molecule has 8 aromatic carbocycles. The van der Waals surface area contributed by atoms with Gasteiger partial charge in [-0.15, -0.1) is 11.3 Å². The summed E-state index contributed by atoms with van der Waals surface area (Å²) in [6.45, 7) is 0. The van der Waals surface area contributed by atoms with Crippen LogP contribution in [0.3, 0.4) is 0 Å². The summed E-state index contributed by atoms with van der Waals surface area (Å²) in [7, 11) is 0. The van der Waals surface area contributed by atoms with E-state index < -0.39 is 0 Å². The van der Waals surface area contributed by atoms with Gasteiger partial charge in [0, 0.05) is 65.1 Å². The fourth-order valence-corrected chi connectivity index (χ4v) is 10.3. The summed E-state index contributed by atoms with van der Waals surface area (Å²) < 4.78 is 7.39. The number of thiophene rings is 1. The van der Waals surface area contributed by atoms with Gasteiger partial charge >= 0.3 is 0 Å². The minimum absolute atomic E-state index is 0.718.